The van der Waals surface area contributed by atoms with Crippen LogP contribution in [0.1, 0.15) is 0 Å². The number of para-hydroxylation sites is 2. The van der Waals surface area contributed by atoms with Crippen LogP contribution in [0.3, 0.4) is 0 Å². The Hall–Kier alpha value is -7.41. The van der Waals surface area contributed by atoms with Gasteiger partial charge in [-0.15, -0.1) is 11.3 Å². The summed E-state index contributed by atoms with van der Waals surface area (Å²) >= 11 is 1.85. The molecule has 0 aliphatic heterocycles. The minimum Gasteiger partial charge on any atom is -0.456 e. The van der Waals surface area contributed by atoms with Crippen molar-refractivity contribution in [2.24, 2.45) is 0 Å². The number of hydrogen-bond donors (Lipinski definition) is 0. The number of hydrogen-bond acceptors (Lipinski definition) is 5. The third kappa shape index (κ3) is 5.04. The molecule has 0 fully saturated rings. The van der Waals surface area contributed by atoms with Crippen molar-refractivity contribution in [1.82, 2.24) is 19.5 Å². The highest BCUT2D eigenvalue weighted by atomic mass is 32.1. The van der Waals surface area contributed by atoms with Crippen LogP contribution in [0.5, 0.6) is 0 Å². The molecule has 0 amide bonds. The second kappa shape index (κ2) is 12.6. The van der Waals surface area contributed by atoms with Gasteiger partial charge in [-0.2, -0.15) is 0 Å². The molecule has 0 N–H and O–H groups in total. The minimum absolute atomic E-state index is 0.613. The van der Waals surface area contributed by atoms with Crippen molar-refractivity contribution >= 4 is 75.3 Å². The van der Waals surface area contributed by atoms with E-state index < -0.39 is 0 Å². The first-order valence-electron chi connectivity index (χ1n) is 19.0. The second-order valence-corrected chi connectivity index (χ2v) is 15.4. The number of benzene rings is 8. The van der Waals surface area contributed by atoms with E-state index in [0.717, 1.165) is 49.9 Å². The SMILES string of the molecule is c1ccc(-c2nc(-c3ccccc3)nc(-c3ccc4oc5cccc(-c6cccc7c6sc6cc(-n8c9ccccc9c9ccccc98)ccc67)c5c4c3)n2)cc1. The molecule has 12 aromatic rings. The molecule has 12 rings (SSSR count). The van der Waals surface area contributed by atoms with Gasteiger partial charge in [-0.25, -0.2) is 15.0 Å². The fourth-order valence-electron chi connectivity index (χ4n) is 8.47. The molecule has 0 atom stereocenters. The van der Waals surface area contributed by atoms with Crippen molar-refractivity contribution in [3.8, 4) is 51.0 Å². The molecule has 0 radical (unpaired) electrons. The van der Waals surface area contributed by atoms with Crippen molar-refractivity contribution in [2.75, 3.05) is 0 Å². The Labute approximate surface area is 330 Å². The standard InChI is InChI=1S/C51H30N4OS/c1-3-13-31(14-4-1)49-52-50(32-15-5-2-6-16-32)54-51(53-49)33-25-28-44-41(29-33)47-38(19-12-24-45(47)56-44)40-21-11-20-39-37-27-26-34(30-46(37)57-48(39)40)55-42-22-9-7-17-35(42)36-18-8-10-23-43(36)55/h1-30H. The Balaban J connectivity index is 1.03. The fraction of sp³-hybridized carbons (Fsp3) is 0. The zero-order valence-electron chi connectivity index (χ0n) is 30.4. The van der Waals surface area contributed by atoms with E-state index in [4.69, 9.17) is 19.4 Å². The molecule has 0 spiro atoms. The third-order valence-electron chi connectivity index (χ3n) is 11.1. The second-order valence-electron chi connectivity index (χ2n) is 14.4. The maximum atomic E-state index is 6.54. The molecule has 8 aromatic carbocycles. The van der Waals surface area contributed by atoms with E-state index in [2.05, 4.69) is 114 Å². The normalized spacial score (nSPS) is 11.9. The molecule has 4 heterocycles. The topological polar surface area (TPSA) is 56.7 Å². The Kier molecular flexibility index (Phi) is 7.03. The van der Waals surface area contributed by atoms with E-state index in [1.807, 2.05) is 84.1 Å². The van der Waals surface area contributed by atoms with Crippen LogP contribution >= 0.6 is 11.3 Å². The van der Waals surface area contributed by atoms with E-state index in [-0.39, 0.29) is 0 Å². The van der Waals surface area contributed by atoms with Crippen LogP contribution in [0.15, 0.2) is 186 Å². The number of rotatable bonds is 5. The highest BCUT2D eigenvalue weighted by Gasteiger charge is 2.20. The van der Waals surface area contributed by atoms with Gasteiger partial charge in [0.2, 0.25) is 0 Å². The van der Waals surface area contributed by atoms with E-state index in [9.17, 15) is 0 Å². The highest BCUT2D eigenvalue weighted by Crippen LogP contribution is 2.45. The number of furan rings is 1. The summed E-state index contributed by atoms with van der Waals surface area (Å²) in [7, 11) is 0. The summed E-state index contributed by atoms with van der Waals surface area (Å²) in [5.74, 6) is 1.88. The highest BCUT2D eigenvalue weighted by molar-refractivity contribution is 7.26. The lowest BCUT2D eigenvalue weighted by atomic mass is 9.97. The zero-order valence-corrected chi connectivity index (χ0v) is 31.2. The lowest BCUT2D eigenvalue weighted by Gasteiger charge is -2.09. The largest absolute Gasteiger partial charge is 0.456 e. The molecule has 0 saturated heterocycles. The predicted molar refractivity (Wildman–Crippen MR) is 236 cm³/mol. The number of fused-ring (bicyclic) bond motifs is 9. The Bertz CT molecular complexity index is 3420. The van der Waals surface area contributed by atoms with Crippen molar-refractivity contribution in [3.05, 3.63) is 182 Å². The van der Waals surface area contributed by atoms with E-state index in [1.54, 1.807) is 0 Å². The average molecular weight is 747 g/mol. The summed E-state index contributed by atoms with van der Waals surface area (Å²) in [6, 6.07) is 63.7. The number of thiophene rings is 1. The maximum Gasteiger partial charge on any atom is 0.164 e. The molecule has 4 aromatic heterocycles. The summed E-state index contributed by atoms with van der Waals surface area (Å²) in [6.45, 7) is 0. The van der Waals surface area contributed by atoms with E-state index >= 15 is 0 Å². The van der Waals surface area contributed by atoms with E-state index in [0.29, 0.717) is 17.5 Å². The first-order chi connectivity index (χ1) is 28.2. The van der Waals surface area contributed by atoms with E-state index in [1.165, 1.54) is 47.5 Å². The molecule has 0 bridgehead atoms. The molecular formula is C51H30N4OS. The molecule has 0 aliphatic rings. The van der Waals surface area contributed by atoms with Crippen molar-refractivity contribution in [2.45, 2.75) is 0 Å². The third-order valence-corrected chi connectivity index (χ3v) is 12.3. The van der Waals surface area contributed by atoms with Crippen molar-refractivity contribution in [3.63, 3.8) is 0 Å². The zero-order chi connectivity index (χ0) is 37.5. The maximum absolute atomic E-state index is 6.54. The summed E-state index contributed by atoms with van der Waals surface area (Å²) in [5.41, 5.74) is 10.3. The van der Waals surface area contributed by atoms with Gasteiger partial charge in [0.05, 0.1) is 11.0 Å². The van der Waals surface area contributed by atoms with Crippen molar-refractivity contribution < 1.29 is 4.42 Å². The van der Waals surface area contributed by atoms with Crippen LogP contribution < -0.4 is 0 Å². The van der Waals surface area contributed by atoms with Crippen LogP contribution in [0.4, 0.5) is 0 Å². The van der Waals surface area contributed by atoms with Gasteiger partial charge in [0.1, 0.15) is 11.2 Å². The van der Waals surface area contributed by atoms with Crippen LogP contribution in [-0.2, 0) is 0 Å². The molecule has 0 unspecified atom stereocenters. The number of nitrogens with zero attached hydrogens (tertiary/aromatic N) is 4. The Morgan fingerprint density at radius 3 is 1.70 bits per heavy atom. The summed E-state index contributed by atoms with van der Waals surface area (Å²) < 4.78 is 11.4. The summed E-state index contributed by atoms with van der Waals surface area (Å²) in [5, 5.41) is 7.13. The fourth-order valence-corrected chi connectivity index (χ4v) is 9.73. The lowest BCUT2D eigenvalue weighted by molar-refractivity contribution is 0.669. The van der Waals surface area contributed by atoms with Crippen LogP contribution in [0, 0.1) is 0 Å². The quantitative estimate of drug-likeness (QED) is 0.176. The molecule has 6 heteroatoms. The smallest absolute Gasteiger partial charge is 0.164 e. The Morgan fingerprint density at radius 2 is 1.00 bits per heavy atom. The van der Waals surface area contributed by atoms with Crippen LogP contribution in [-0.4, -0.2) is 19.5 Å². The van der Waals surface area contributed by atoms with Gasteiger partial charge in [0.25, 0.3) is 0 Å². The van der Waals surface area contributed by atoms with Gasteiger partial charge < -0.3 is 8.98 Å². The predicted octanol–water partition coefficient (Wildman–Crippen LogP) is 13.9. The minimum atomic E-state index is 0.613. The Morgan fingerprint density at radius 1 is 0.404 bits per heavy atom. The van der Waals surface area contributed by atoms with Gasteiger partial charge in [0.15, 0.2) is 17.5 Å². The molecular weight excluding hydrogens is 717 g/mol. The monoisotopic (exact) mass is 746 g/mol. The van der Waals surface area contributed by atoms with Gasteiger partial charge >= 0.3 is 0 Å². The van der Waals surface area contributed by atoms with Gasteiger partial charge in [-0.3, -0.25) is 0 Å². The molecule has 266 valence electrons. The van der Waals surface area contributed by atoms with Gasteiger partial charge in [-0.1, -0.05) is 133 Å². The molecule has 0 aliphatic carbocycles. The van der Waals surface area contributed by atoms with Gasteiger partial charge in [-0.05, 0) is 54.1 Å². The first-order valence-corrected chi connectivity index (χ1v) is 19.8. The molecule has 5 nitrogen and oxygen atoms in total. The summed E-state index contributed by atoms with van der Waals surface area (Å²) in [6.07, 6.45) is 0. The molecule has 57 heavy (non-hydrogen) atoms. The van der Waals surface area contributed by atoms with Crippen molar-refractivity contribution in [1.29, 1.82) is 0 Å². The van der Waals surface area contributed by atoms with Crippen LogP contribution in [0.2, 0.25) is 0 Å². The lowest BCUT2D eigenvalue weighted by Crippen LogP contribution is -2.00. The van der Waals surface area contributed by atoms with Gasteiger partial charge in [0, 0.05) is 69.7 Å². The molecule has 0 saturated carbocycles. The van der Waals surface area contributed by atoms with Crippen LogP contribution in [0.25, 0.3) is 115 Å². The average Bonchev–Trinajstić information content (AvgIpc) is 3.96. The summed E-state index contributed by atoms with van der Waals surface area (Å²) in [4.78, 5) is 15.0. The number of aromatic nitrogens is 4. The first kappa shape index (κ1) is 31.9.